The van der Waals surface area contributed by atoms with Crippen LogP contribution < -0.4 is 10.2 Å². The second kappa shape index (κ2) is 7.74. The Morgan fingerprint density at radius 1 is 1.16 bits per heavy atom. The summed E-state index contributed by atoms with van der Waals surface area (Å²) in [6.45, 7) is 1.37. The van der Waals surface area contributed by atoms with Crippen molar-refractivity contribution in [3.63, 3.8) is 0 Å². The van der Waals surface area contributed by atoms with Gasteiger partial charge in [0.05, 0.1) is 23.5 Å². The van der Waals surface area contributed by atoms with Crippen molar-refractivity contribution in [3.05, 3.63) is 77.4 Å². The van der Waals surface area contributed by atoms with Crippen LogP contribution in [0.4, 0.5) is 33.3 Å². The van der Waals surface area contributed by atoms with Crippen LogP contribution in [0.2, 0.25) is 0 Å². The van der Waals surface area contributed by atoms with Gasteiger partial charge in [0.15, 0.2) is 5.82 Å². The number of rotatable bonds is 3. The summed E-state index contributed by atoms with van der Waals surface area (Å²) in [5.41, 5.74) is -1.93. The number of halogens is 5. The monoisotopic (exact) mass is 450 g/mol. The minimum atomic E-state index is -4.56. The summed E-state index contributed by atoms with van der Waals surface area (Å²) in [7, 11) is 0. The largest absolute Gasteiger partial charge is 0.416 e. The summed E-state index contributed by atoms with van der Waals surface area (Å²) in [6.07, 6.45) is -1.83. The van der Waals surface area contributed by atoms with E-state index in [1.165, 1.54) is 31.5 Å². The van der Waals surface area contributed by atoms with E-state index in [1.807, 2.05) is 0 Å². The first-order valence-corrected chi connectivity index (χ1v) is 9.39. The van der Waals surface area contributed by atoms with Crippen LogP contribution in [-0.4, -0.2) is 27.9 Å². The van der Waals surface area contributed by atoms with Crippen LogP contribution in [0, 0.1) is 11.8 Å². The molecule has 2 amide bonds. The molecule has 1 aliphatic heterocycles. The molecule has 0 spiro atoms. The number of carbonyl (C=O) groups is 2. The van der Waals surface area contributed by atoms with E-state index in [0.29, 0.717) is 0 Å². The summed E-state index contributed by atoms with van der Waals surface area (Å²) >= 11 is 0. The summed E-state index contributed by atoms with van der Waals surface area (Å²) in [6, 6.07) is 5.99. The number of pyridine rings is 1. The van der Waals surface area contributed by atoms with Crippen LogP contribution in [0.15, 0.2) is 48.8 Å². The van der Waals surface area contributed by atoms with Gasteiger partial charge in [0, 0.05) is 18.4 Å². The fourth-order valence-electron chi connectivity index (χ4n) is 3.60. The van der Waals surface area contributed by atoms with Crippen molar-refractivity contribution >= 4 is 23.2 Å². The number of fused-ring (bicyclic) bond motifs is 1. The van der Waals surface area contributed by atoms with E-state index >= 15 is 0 Å². The number of carbonyl (C=O) groups excluding carboxylic acids is 2. The molecule has 1 atom stereocenters. The number of hydrogen-bond acceptors (Lipinski definition) is 3. The standard InChI is InChI=1S/C21H15F5N4O2/c1-11-10-29(14-6-4-12(5-7-14)21(24,25)26)20(32)17-15(16(22)18(23)30(11)17)19(31)28-13-3-2-8-27-9-13/h2-9,11H,10H2,1H3,(H,28,31)/t11-/m0/s1. The first kappa shape index (κ1) is 21.5. The third kappa shape index (κ3) is 3.59. The Labute approximate surface area is 178 Å². The van der Waals surface area contributed by atoms with Crippen molar-refractivity contribution in [1.82, 2.24) is 9.55 Å². The Morgan fingerprint density at radius 2 is 1.84 bits per heavy atom. The molecule has 11 heteroatoms. The molecule has 2 aromatic heterocycles. The number of hydrogen-bond donors (Lipinski definition) is 1. The molecule has 1 aliphatic rings. The van der Waals surface area contributed by atoms with E-state index in [2.05, 4.69) is 10.3 Å². The molecule has 3 aromatic rings. The average molecular weight is 450 g/mol. The summed E-state index contributed by atoms with van der Waals surface area (Å²) in [4.78, 5) is 30.8. The van der Waals surface area contributed by atoms with Gasteiger partial charge in [-0.25, -0.2) is 4.39 Å². The maximum absolute atomic E-state index is 14.7. The van der Waals surface area contributed by atoms with Crippen LogP contribution >= 0.6 is 0 Å². The fraction of sp³-hybridized carbons (Fsp3) is 0.190. The molecule has 0 saturated heterocycles. The lowest BCUT2D eigenvalue weighted by molar-refractivity contribution is -0.137. The van der Waals surface area contributed by atoms with Crippen LogP contribution in [-0.2, 0) is 6.18 Å². The van der Waals surface area contributed by atoms with Crippen molar-refractivity contribution in [2.45, 2.75) is 19.1 Å². The smallest absolute Gasteiger partial charge is 0.320 e. The quantitative estimate of drug-likeness (QED) is 0.591. The van der Waals surface area contributed by atoms with Gasteiger partial charge in [0.25, 0.3) is 11.8 Å². The predicted octanol–water partition coefficient (Wildman–Crippen LogP) is 4.65. The van der Waals surface area contributed by atoms with Gasteiger partial charge >= 0.3 is 6.18 Å². The first-order valence-electron chi connectivity index (χ1n) is 9.39. The minimum absolute atomic E-state index is 0.0988. The van der Waals surface area contributed by atoms with Gasteiger partial charge in [-0.1, -0.05) is 0 Å². The lowest BCUT2D eigenvalue weighted by atomic mass is 10.1. The second-order valence-electron chi connectivity index (χ2n) is 7.20. The highest BCUT2D eigenvalue weighted by atomic mass is 19.4. The normalized spacial score (nSPS) is 16.1. The average Bonchev–Trinajstić information content (AvgIpc) is 3.02. The van der Waals surface area contributed by atoms with Gasteiger partial charge in [-0.05, 0) is 43.3 Å². The zero-order valence-electron chi connectivity index (χ0n) is 16.5. The molecular weight excluding hydrogens is 435 g/mol. The number of nitrogens with one attached hydrogen (secondary N) is 1. The molecule has 0 radical (unpaired) electrons. The third-order valence-corrected chi connectivity index (χ3v) is 5.08. The highest BCUT2D eigenvalue weighted by Crippen LogP contribution is 2.35. The van der Waals surface area contributed by atoms with Crippen LogP contribution in [0.1, 0.15) is 39.4 Å². The molecule has 166 valence electrons. The maximum Gasteiger partial charge on any atom is 0.416 e. The summed E-state index contributed by atoms with van der Waals surface area (Å²) in [5, 5.41) is 2.36. The molecule has 0 fully saturated rings. The molecule has 1 N–H and O–H groups in total. The number of nitrogens with zero attached hydrogens (tertiary/aromatic N) is 3. The lowest BCUT2D eigenvalue weighted by Crippen LogP contribution is -2.43. The minimum Gasteiger partial charge on any atom is -0.320 e. The Morgan fingerprint density at radius 3 is 2.44 bits per heavy atom. The molecule has 4 rings (SSSR count). The van der Waals surface area contributed by atoms with Crippen molar-refractivity contribution < 1.29 is 31.5 Å². The highest BCUT2D eigenvalue weighted by Gasteiger charge is 2.40. The Bertz CT molecular complexity index is 1190. The topological polar surface area (TPSA) is 67.2 Å². The Kier molecular flexibility index (Phi) is 5.19. The van der Waals surface area contributed by atoms with E-state index in [9.17, 15) is 31.5 Å². The summed E-state index contributed by atoms with van der Waals surface area (Å²) in [5.74, 6) is -4.83. The SMILES string of the molecule is C[C@H]1CN(c2ccc(C(F)(F)F)cc2)C(=O)c2c(C(=O)Nc3cccnc3)c(F)c(F)n21. The van der Waals surface area contributed by atoms with Gasteiger partial charge in [-0.2, -0.15) is 17.6 Å². The molecular formula is C21H15F5N4O2. The molecule has 0 aliphatic carbocycles. The summed E-state index contributed by atoms with van der Waals surface area (Å²) < 4.78 is 68.7. The second-order valence-corrected chi connectivity index (χ2v) is 7.20. The zero-order chi connectivity index (χ0) is 23.2. The Hall–Kier alpha value is -3.76. The number of anilines is 2. The molecule has 0 unspecified atom stereocenters. The van der Waals surface area contributed by atoms with E-state index < -0.39 is 52.6 Å². The number of aromatic nitrogens is 2. The van der Waals surface area contributed by atoms with Crippen LogP contribution in [0.5, 0.6) is 0 Å². The van der Waals surface area contributed by atoms with Crippen molar-refractivity contribution in [3.8, 4) is 0 Å². The molecule has 3 heterocycles. The van der Waals surface area contributed by atoms with E-state index in [0.717, 1.165) is 33.7 Å². The van der Waals surface area contributed by atoms with E-state index in [-0.39, 0.29) is 17.9 Å². The van der Waals surface area contributed by atoms with Gasteiger partial charge in [0.2, 0.25) is 5.95 Å². The van der Waals surface area contributed by atoms with Gasteiger partial charge < -0.3 is 14.8 Å². The lowest BCUT2D eigenvalue weighted by Gasteiger charge is -2.33. The third-order valence-electron chi connectivity index (χ3n) is 5.08. The van der Waals surface area contributed by atoms with Crippen molar-refractivity contribution in [1.29, 1.82) is 0 Å². The van der Waals surface area contributed by atoms with Gasteiger partial charge in [0.1, 0.15) is 11.3 Å². The van der Waals surface area contributed by atoms with E-state index in [4.69, 9.17) is 0 Å². The number of benzene rings is 1. The van der Waals surface area contributed by atoms with Gasteiger partial charge in [-0.3, -0.25) is 14.6 Å². The fourth-order valence-corrected chi connectivity index (χ4v) is 3.60. The zero-order valence-corrected chi connectivity index (χ0v) is 16.5. The number of alkyl halides is 3. The van der Waals surface area contributed by atoms with Crippen LogP contribution in [0.25, 0.3) is 0 Å². The molecule has 0 saturated carbocycles. The first-order chi connectivity index (χ1) is 15.1. The number of amides is 2. The molecule has 6 nitrogen and oxygen atoms in total. The van der Waals surface area contributed by atoms with Crippen molar-refractivity contribution in [2.24, 2.45) is 0 Å². The molecule has 32 heavy (non-hydrogen) atoms. The molecule has 0 bridgehead atoms. The van der Waals surface area contributed by atoms with Crippen LogP contribution in [0.3, 0.4) is 0 Å². The molecule has 1 aromatic carbocycles. The predicted molar refractivity (Wildman–Crippen MR) is 104 cm³/mol. The van der Waals surface area contributed by atoms with Crippen molar-refractivity contribution in [2.75, 3.05) is 16.8 Å². The Balaban J connectivity index is 1.74. The highest BCUT2D eigenvalue weighted by molar-refractivity contribution is 6.16. The van der Waals surface area contributed by atoms with Gasteiger partial charge in [-0.15, -0.1) is 0 Å². The van der Waals surface area contributed by atoms with E-state index in [1.54, 1.807) is 0 Å². The maximum atomic E-state index is 14.7.